The van der Waals surface area contributed by atoms with E-state index in [2.05, 4.69) is 6.92 Å². The summed E-state index contributed by atoms with van der Waals surface area (Å²) < 4.78 is 43.1. The molecule has 2 aliphatic rings. The molecule has 0 aromatic heterocycles. The maximum Gasteiger partial charge on any atom is 0.137 e. The predicted octanol–water partition coefficient (Wildman–Crippen LogP) is 7.71. The van der Waals surface area contributed by atoms with Crippen LogP contribution in [0.3, 0.4) is 0 Å². The predicted molar refractivity (Wildman–Crippen MR) is 108 cm³/mol. The summed E-state index contributed by atoms with van der Waals surface area (Å²) >= 11 is 0. The summed E-state index contributed by atoms with van der Waals surface area (Å²) in [5.41, 5.74) is 2.96. The summed E-state index contributed by atoms with van der Waals surface area (Å²) in [6.07, 6.45) is 11.0. The van der Waals surface area contributed by atoms with Gasteiger partial charge in [0.15, 0.2) is 0 Å². The third kappa shape index (κ3) is 3.76. The first-order chi connectivity index (χ1) is 13.6. The quantitative estimate of drug-likeness (QED) is 0.506. The molecule has 0 radical (unpaired) electrons. The lowest BCUT2D eigenvalue weighted by Crippen LogP contribution is -2.18. The van der Waals surface area contributed by atoms with Crippen molar-refractivity contribution in [2.45, 2.75) is 58.3 Å². The lowest BCUT2D eigenvalue weighted by atomic mass is 9.74. The maximum absolute atomic E-state index is 15.1. The van der Waals surface area contributed by atoms with Crippen LogP contribution in [0.2, 0.25) is 0 Å². The van der Waals surface area contributed by atoms with Gasteiger partial charge in [-0.3, -0.25) is 0 Å². The van der Waals surface area contributed by atoms with Gasteiger partial charge in [0.25, 0.3) is 0 Å². The average Bonchev–Trinajstić information content (AvgIpc) is 2.70. The SMILES string of the molecule is CCCC1CCC(C2=Cc3cc(F)c(-c4ccc(F)cc4)c(F)c3CC2)CC1. The van der Waals surface area contributed by atoms with E-state index >= 15 is 4.39 Å². The van der Waals surface area contributed by atoms with Crippen LogP contribution in [0.4, 0.5) is 13.2 Å². The molecule has 0 unspecified atom stereocenters. The average molecular weight is 384 g/mol. The minimum Gasteiger partial charge on any atom is -0.207 e. The third-order valence-electron chi connectivity index (χ3n) is 6.56. The Bertz CT molecular complexity index is 872. The molecule has 2 aromatic rings. The fourth-order valence-electron chi connectivity index (χ4n) is 5.04. The van der Waals surface area contributed by atoms with Crippen LogP contribution in [0.15, 0.2) is 35.9 Å². The smallest absolute Gasteiger partial charge is 0.137 e. The van der Waals surface area contributed by atoms with Crippen molar-refractivity contribution in [1.82, 2.24) is 0 Å². The summed E-state index contributed by atoms with van der Waals surface area (Å²) in [7, 11) is 0. The first-order valence-corrected chi connectivity index (χ1v) is 10.5. The minimum atomic E-state index is -0.577. The van der Waals surface area contributed by atoms with Gasteiger partial charge in [0, 0.05) is 0 Å². The van der Waals surface area contributed by atoms with Crippen LogP contribution in [0.25, 0.3) is 17.2 Å². The molecule has 0 spiro atoms. The second-order valence-electron chi connectivity index (χ2n) is 8.35. The van der Waals surface area contributed by atoms with Crippen molar-refractivity contribution in [3.8, 4) is 11.1 Å². The number of fused-ring (bicyclic) bond motifs is 1. The van der Waals surface area contributed by atoms with Crippen LogP contribution in [-0.4, -0.2) is 0 Å². The molecule has 0 atom stereocenters. The standard InChI is InChI=1S/C25H27F3/c1-2-3-16-4-6-17(7-5-16)19-10-13-22-20(14-19)15-23(27)24(25(22)28)18-8-11-21(26)12-9-18/h8-9,11-12,14-17H,2-7,10,13H2,1H3. The molecule has 1 saturated carbocycles. The Morgan fingerprint density at radius 2 is 1.64 bits per heavy atom. The first kappa shape index (κ1) is 19.3. The van der Waals surface area contributed by atoms with Gasteiger partial charge in [-0.25, -0.2) is 13.2 Å². The number of hydrogen-bond acceptors (Lipinski definition) is 0. The van der Waals surface area contributed by atoms with Gasteiger partial charge in [-0.1, -0.05) is 43.5 Å². The molecule has 4 rings (SSSR count). The van der Waals surface area contributed by atoms with E-state index in [0.29, 0.717) is 29.0 Å². The van der Waals surface area contributed by atoms with E-state index in [0.717, 1.165) is 12.3 Å². The van der Waals surface area contributed by atoms with Gasteiger partial charge in [0.1, 0.15) is 17.5 Å². The Kier molecular flexibility index (Phi) is 5.61. The monoisotopic (exact) mass is 384 g/mol. The van der Waals surface area contributed by atoms with Crippen molar-refractivity contribution >= 4 is 6.08 Å². The van der Waals surface area contributed by atoms with Crippen molar-refractivity contribution in [3.05, 3.63) is 64.5 Å². The van der Waals surface area contributed by atoms with Crippen molar-refractivity contribution in [2.75, 3.05) is 0 Å². The Labute approximate surface area is 165 Å². The molecule has 2 aromatic carbocycles. The van der Waals surface area contributed by atoms with Crippen LogP contribution in [0, 0.1) is 29.3 Å². The number of rotatable bonds is 4. The van der Waals surface area contributed by atoms with Gasteiger partial charge >= 0.3 is 0 Å². The van der Waals surface area contributed by atoms with Gasteiger partial charge in [-0.15, -0.1) is 0 Å². The molecule has 0 nitrogen and oxygen atoms in total. The van der Waals surface area contributed by atoms with E-state index in [1.165, 1.54) is 74.4 Å². The van der Waals surface area contributed by atoms with Crippen molar-refractivity contribution in [1.29, 1.82) is 0 Å². The van der Waals surface area contributed by atoms with Crippen molar-refractivity contribution in [3.63, 3.8) is 0 Å². The zero-order valence-electron chi connectivity index (χ0n) is 16.4. The number of benzene rings is 2. The molecule has 3 heteroatoms. The Balaban J connectivity index is 1.60. The summed E-state index contributed by atoms with van der Waals surface area (Å²) in [5.74, 6) is -0.0747. The fraction of sp³-hybridized carbons (Fsp3) is 0.440. The van der Waals surface area contributed by atoms with E-state index in [1.54, 1.807) is 0 Å². The minimum absolute atomic E-state index is 0.0457. The van der Waals surface area contributed by atoms with Gasteiger partial charge in [-0.05, 0) is 85.3 Å². The largest absolute Gasteiger partial charge is 0.207 e. The fourth-order valence-corrected chi connectivity index (χ4v) is 5.04. The molecule has 0 amide bonds. The van der Waals surface area contributed by atoms with E-state index in [-0.39, 0.29) is 5.56 Å². The first-order valence-electron chi connectivity index (χ1n) is 10.5. The highest BCUT2D eigenvalue weighted by Gasteiger charge is 2.27. The van der Waals surface area contributed by atoms with E-state index in [1.807, 2.05) is 6.08 Å². The van der Waals surface area contributed by atoms with Crippen LogP contribution in [0.1, 0.15) is 63.0 Å². The zero-order valence-corrected chi connectivity index (χ0v) is 16.4. The summed E-state index contributed by atoms with van der Waals surface area (Å²) in [6.45, 7) is 2.25. The Morgan fingerprint density at radius 1 is 0.929 bits per heavy atom. The lowest BCUT2D eigenvalue weighted by molar-refractivity contribution is 0.283. The normalized spacial score (nSPS) is 21.9. The van der Waals surface area contributed by atoms with Gasteiger partial charge in [0.2, 0.25) is 0 Å². The molecule has 0 heterocycles. The van der Waals surface area contributed by atoms with Crippen LogP contribution >= 0.6 is 0 Å². The number of allylic oxidation sites excluding steroid dienone is 1. The number of hydrogen-bond donors (Lipinski definition) is 0. The molecule has 0 aliphatic heterocycles. The molecular formula is C25H27F3. The Hall–Kier alpha value is -2.03. The van der Waals surface area contributed by atoms with Crippen LogP contribution in [-0.2, 0) is 6.42 Å². The van der Waals surface area contributed by atoms with E-state index in [9.17, 15) is 8.78 Å². The molecule has 0 bridgehead atoms. The Morgan fingerprint density at radius 3 is 2.32 bits per heavy atom. The highest BCUT2D eigenvalue weighted by Crippen LogP contribution is 2.41. The summed E-state index contributed by atoms with van der Waals surface area (Å²) in [6, 6.07) is 6.80. The highest BCUT2D eigenvalue weighted by molar-refractivity contribution is 5.71. The second kappa shape index (κ2) is 8.14. The topological polar surface area (TPSA) is 0 Å². The van der Waals surface area contributed by atoms with Crippen molar-refractivity contribution < 1.29 is 13.2 Å². The molecular weight excluding hydrogens is 357 g/mol. The van der Waals surface area contributed by atoms with Crippen molar-refractivity contribution in [2.24, 2.45) is 11.8 Å². The van der Waals surface area contributed by atoms with Gasteiger partial charge < -0.3 is 0 Å². The molecule has 148 valence electrons. The molecule has 28 heavy (non-hydrogen) atoms. The summed E-state index contributed by atoms with van der Waals surface area (Å²) in [5, 5.41) is 0. The van der Waals surface area contributed by atoms with Crippen LogP contribution in [0.5, 0.6) is 0 Å². The van der Waals surface area contributed by atoms with E-state index < -0.39 is 17.5 Å². The van der Waals surface area contributed by atoms with E-state index in [4.69, 9.17) is 0 Å². The molecule has 1 fully saturated rings. The highest BCUT2D eigenvalue weighted by atomic mass is 19.1. The third-order valence-corrected chi connectivity index (χ3v) is 6.56. The maximum atomic E-state index is 15.1. The second-order valence-corrected chi connectivity index (χ2v) is 8.35. The van der Waals surface area contributed by atoms with Crippen LogP contribution < -0.4 is 0 Å². The molecule has 0 saturated heterocycles. The number of halogens is 3. The lowest BCUT2D eigenvalue weighted by Gasteiger charge is -2.32. The summed E-state index contributed by atoms with van der Waals surface area (Å²) in [4.78, 5) is 0. The molecule has 0 N–H and O–H groups in total. The van der Waals surface area contributed by atoms with Gasteiger partial charge in [-0.2, -0.15) is 0 Å². The van der Waals surface area contributed by atoms with Gasteiger partial charge in [0.05, 0.1) is 5.56 Å². The molecule has 2 aliphatic carbocycles. The zero-order chi connectivity index (χ0) is 19.7.